The number of nitrogens with one attached hydrogen (secondary N) is 1. The Morgan fingerprint density at radius 3 is 2.14 bits per heavy atom. The predicted octanol–water partition coefficient (Wildman–Crippen LogP) is 3.34. The summed E-state index contributed by atoms with van der Waals surface area (Å²) < 4.78 is 0. The van der Waals surface area contributed by atoms with Gasteiger partial charge in [-0.2, -0.15) is 0 Å². The summed E-state index contributed by atoms with van der Waals surface area (Å²) in [6, 6.07) is 0.784. The predicted molar refractivity (Wildman–Crippen MR) is 61.4 cm³/mol. The van der Waals surface area contributed by atoms with Gasteiger partial charge < -0.3 is 5.32 Å². The molecule has 82 valence electrons. The van der Waals surface area contributed by atoms with Crippen molar-refractivity contribution >= 4 is 0 Å². The van der Waals surface area contributed by atoms with Crippen molar-refractivity contribution < 1.29 is 0 Å². The molecule has 2 atom stereocenters. The Balaban J connectivity index is 2.35. The van der Waals surface area contributed by atoms with Gasteiger partial charge in [0.15, 0.2) is 0 Å². The molecule has 1 heteroatoms. The summed E-state index contributed by atoms with van der Waals surface area (Å²) in [7, 11) is 0. The van der Waals surface area contributed by atoms with Crippen molar-refractivity contribution in [3.8, 4) is 0 Å². The highest BCUT2D eigenvalue weighted by molar-refractivity contribution is 5.20. The molecule has 1 N–H and O–H groups in total. The molecule has 2 fully saturated rings. The first-order valence-corrected chi connectivity index (χ1v) is 6.09. The summed E-state index contributed by atoms with van der Waals surface area (Å²) in [4.78, 5) is 0. The van der Waals surface area contributed by atoms with Gasteiger partial charge in [0, 0.05) is 17.0 Å². The topological polar surface area (TPSA) is 12.0 Å². The molecule has 0 aromatic carbocycles. The minimum Gasteiger partial charge on any atom is -0.308 e. The lowest BCUT2D eigenvalue weighted by atomic mass is 9.44. The van der Waals surface area contributed by atoms with E-state index in [1.807, 2.05) is 0 Å². The minimum absolute atomic E-state index is 0.344. The van der Waals surface area contributed by atoms with Crippen molar-refractivity contribution in [2.24, 2.45) is 10.8 Å². The maximum atomic E-state index is 3.77. The van der Waals surface area contributed by atoms with Crippen LogP contribution in [0.4, 0.5) is 0 Å². The van der Waals surface area contributed by atoms with Gasteiger partial charge in [-0.25, -0.2) is 0 Å². The fourth-order valence-corrected chi connectivity index (χ4v) is 4.44. The molecule has 1 aliphatic carbocycles. The van der Waals surface area contributed by atoms with Gasteiger partial charge in [-0.1, -0.05) is 33.6 Å². The van der Waals surface area contributed by atoms with E-state index in [1.54, 1.807) is 0 Å². The van der Waals surface area contributed by atoms with Gasteiger partial charge >= 0.3 is 0 Å². The van der Waals surface area contributed by atoms with Crippen molar-refractivity contribution in [2.45, 2.75) is 71.9 Å². The molecule has 14 heavy (non-hydrogen) atoms. The molecule has 1 unspecified atom stereocenters. The van der Waals surface area contributed by atoms with Crippen LogP contribution in [0, 0.1) is 10.8 Å². The average molecular weight is 195 g/mol. The zero-order chi connectivity index (χ0) is 10.6. The van der Waals surface area contributed by atoms with Crippen molar-refractivity contribution in [1.82, 2.24) is 5.32 Å². The normalized spacial score (nSPS) is 41.4. The van der Waals surface area contributed by atoms with Gasteiger partial charge in [0.2, 0.25) is 0 Å². The standard InChI is InChI=1S/C13H25N/c1-11(2,3)13-9-7-6-8-10(13)14-12(13,4)5/h10,14H,6-9H2,1-5H3/t10-,13?/m1/s1. The SMILES string of the molecule is CC(C)(C)C12CCCC[C@H]1NC2(C)C. The molecule has 1 heterocycles. The van der Waals surface area contributed by atoms with Gasteiger partial charge in [0.1, 0.15) is 0 Å². The Labute approximate surface area is 88.7 Å². The minimum atomic E-state index is 0.344. The molecule has 0 aromatic heterocycles. The van der Waals surface area contributed by atoms with E-state index in [0.29, 0.717) is 16.4 Å². The molecule has 1 saturated carbocycles. The van der Waals surface area contributed by atoms with Crippen LogP contribution in [-0.2, 0) is 0 Å². The summed E-state index contributed by atoms with van der Waals surface area (Å²) in [6.07, 6.45) is 5.66. The smallest absolute Gasteiger partial charge is 0.0204 e. The van der Waals surface area contributed by atoms with Crippen molar-refractivity contribution in [1.29, 1.82) is 0 Å². The number of hydrogen-bond donors (Lipinski definition) is 1. The molecule has 2 rings (SSSR count). The molecule has 1 saturated heterocycles. The van der Waals surface area contributed by atoms with Crippen molar-refractivity contribution in [3.63, 3.8) is 0 Å². The van der Waals surface area contributed by atoms with Crippen LogP contribution in [-0.4, -0.2) is 11.6 Å². The Morgan fingerprint density at radius 1 is 1.14 bits per heavy atom. The molecule has 0 aromatic rings. The quantitative estimate of drug-likeness (QED) is 0.625. The highest BCUT2D eigenvalue weighted by atomic mass is 15.2. The van der Waals surface area contributed by atoms with E-state index in [-0.39, 0.29) is 0 Å². The van der Waals surface area contributed by atoms with Crippen LogP contribution in [0.25, 0.3) is 0 Å². The van der Waals surface area contributed by atoms with Crippen LogP contribution in [0.5, 0.6) is 0 Å². The van der Waals surface area contributed by atoms with Crippen LogP contribution in [0.2, 0.25) is 0 Å². The maximum absolute atomic E-state index is 3.77. The summed E-state index contributed by atoms with van der Waals surface area (Å²) in [5.74, 6) is 0. The van der Waals surface area contributed by atoms with Gasteiger partial charge in [-0.15, -0.1) is 0 Å². The van der Waals surface area contributed by atoms with E-state index in [1.165, 1.54) is 25.7 Å². The summed E-state index contributed by atoms with van der Waals surface area (Å²) in [6.45, 7) is 12.1. The van der Waals surface area contributed by atoms with Gasteiger partial charge in [0.25, 0.3) is 0 Å². The fourth-order valence-electron chi connectivity index (χ4n) is 4.44. The second kappa shape index (κ2) is 2.75. The molecule has 2 aliphatic rings. The third-order valence-corrected chi connectivity index (χ3v) is 4.90. The monoisotopic (exact) mass is 195 g/mol. The lowest BCUT2D eigenvalue weighted by Crippen LogP contribution is -2.80. The van der Waals surface area contributed by atoms with Crippen LogP contribution >= 0.6 is 0 Å². The van der Waals surface area contributed by atoms with Crippen LogP contribution in [0.15, 0.2) is 0 Å². The van der Waals surface area contributed by atoms with Gasteiger partial charge in [-0.3, -0.25) is 0 Å². The number of hydrogen-bond acceptors (Lipinski definition) is 1. The third-order valence-electron chi connectivity index (χ3n) is 4.90. The zero-order valence-electron chi connectivity index (χ0n) is 10.4. The Kier molecular flexibility index (Phi) is 2.06. The Morgan fingerprint density at radius 2 is 1.79 bits per heavy atom. The lowest BCUT2D eigenvalue weighted by Gasteiger charge is -2.70. The second-order valence-electron chi connectivity index (χ2n) is 6.79. The van der Waals surface area contributed by atoms with E-state index < -0.39 is 0 Å². The third kappa shape index (κ3) is 1.05. The largest absolute Gasteiger partial charge is 0.308 e. The highest BCUT2D eigenvalue weighted by Crippen LogP contribution is 2.61. The first-order valence-electron chi connectivity index (χ1n) is 6.09. The van der Waals surface area contributed by atoms with Gasteiger partial charge in [-0.05, 0) is 32.1 Å². The first-order chi connectivity index (χ1) is 6.31. The first kappa shape index (κ1) is 10.5. The van der Waals surface area contributed by atoms with E-state index in [2.05, 4.69) is 39.9 Å². The molecular weight excluding hydrogens is 170 g/mol. The van der Waals surface area contributed by atoms with E-state index in [9.17, 15) is 0 Å². The van der Waals surface area contributed by atoms with Gasteiger partial charge in [0.05, 0.1) is 0 Å². The Bertz CT molecular complexity index is 224. The van der Waals surface area contributed by atoms with Crippen LogP contribution in [0.1, 0.15) is 60.3 Å². The molecule has 0 amide bonds. The van der Waals surface area contributed by atoms with Crippen molar-refractivity contribution in [2.75, 3.05) is 0 Å². The van der Waals surface area contributed by atoms with E-state index >= 15 is 0 Å². The highest BCUT2D eigenvalue weighted by Gasteiger charge is 2.65. The lowest BCUT2D eigenvalue weighted by molar-refractivity contribution is -0.156. The molecule has 1 nitrogen and oxygen atoms in total. The zero-order valence-corrected chi connectivity index (χ0v) is 10.4. The number of rotatable bonds is 0. The van der Waals surface area contributed by atoms with Crippen LogP contribution in [0.3, 0.4) is 0 Å². The molecule has 0 spiro atoms. The Hall–Kier alpha value is -0.0400. The van der Waals surface area contributed by atoms with E-state index in [0.717, 1.165) is 6.04 Å². The van der Waals surface area contributed by atoms with Crippen molar-refractivity contribution in [3.05, 3.63) is 0 Å². The average Bonchev–Trinajstić information content (AvgIpc) is 2.00. The second-order valence-corrected chi connectivity index (χ2v) is 6.79. The summed E-state index contributed by atoms with van der Waals surface area (Å²) in [5, 5.41) is 3.77. The maximum Gasteiger partial charge on any atom is 0.0204 e. The van der Waals surface area contributed by atoms with Crippen LogP contribution < -0.4 is 5.32 Å². The fraction of sp³-hybridized carbons (Fsp3) is 1.00. The molecule has 0 bridgehead atoms. The number of fused-ring (bicyclic) bond motifs is 1. The molecule has 1 aliphatic heterocycles. The molecular formula is C13H25N. The van der Waals surface area contributed by atoms with E-state index in [4.69, 9.17) is 0 Å². The summed E-state index contributed by atoms with van der Waals surface area (Å²) in [5.41, 5.74) is 1.32. The molecule has 0 radical (unpaired) electrons. The summed E-state index contributed by atoms with van der Waals surface area (Å²) >= 11 is 0.